The molecule has 1 unspecified atom stereocenters. The van der Waals surface area contributed by atoms with E-state index in [0.717, 1.165) is 12.0 Å². The molecule has 0 saturated carbocycles. The molecule has 3 aromatic carbocycles. The number of carbonyl (C=O) groups excluding carboxylic acids is 2. The van der Waals surface area contributed by atoms with Crippen LogP contribution in [0.4, 0.5) is 5.13 Å². The maximum absolute atomic E-state index is 13.6. The topological polar surface area (TPSA) is 111 Å². The normalized spacial score (nSPS) is 16.0. The number of nitrogens with zero attached hydrogens (tertiary/aromatic N) is 3. The number of hydrogen-bond donors (Lipinski definition) is 1. The standard InChI is InChI=1S/C32H31N3O6S2/c1-4-17-41-24-16-13-22(18-25(24)40-5-2)27-26(28(36)21-11-14-23(39-3)15-12-21)29(37)30(38)35(27)31-33-34-32(43-31)42-19-20-9-7-6-8-10-20/h6-16,18,27,36H,4-5,17,19H2,1-3H3/b28-26+. The molecule has 1 aliphatic rings. The van der Waals surface area contributed by atoms with Crippen LogP contribution in [0.3, 0.4) is 0 Å². The summed E-state index contributed by atoms with van der Waals surface area (Å²) in [5.74, 6) is 0.353. The van der Waals surface area contributed by atoms with Gasteiger partial charge in [0.15, 0.2) is 15.8 Å². The van der Waals surface area contributed by atoms with Crippen molar-refractivity contribution in [3.8, 4) is 17.2 Å². The summed E-state index contributed by atoms with van der Waals surface area (Å²) in [5, 5.41) is 20.3. The van der Waals surface area contributed by atoms with Gasteiger partial charge in [-0.3, -0.25) is 14.5 Å². The van der Waals surface area contributed by atoms with E-state index in [9.17, 15) is 14.7 Å². The van der Waals surface area contributed by atoms with Crippen molar-refractivity contribution >= 4 is 45.7 Å². The summed E-state index contributed by atoms with van der Waals surface area (Å²) in [6.07, 6.45) is 0.816. The van der Waals surface area contributed by atoms with E-state index in [0.29, 0.717) is 51.7 Å². The molecule has 1 aromatic heterocycles. The lowest BCUT2D eigenvalue weighted by Crippen LogP contribution is -2.29. The van der Waals surface area contributed by atoms with E-state index in [-0.39, 0.29) is 16.5 Å². The molecule has 5 rings (SSSR count). The molecule has 1 saturated heterocycles. The molecular formula is C32H31N3O6S2. The van der Waals surface area contributed by atoms with Crippen LogP contribution in [0.1, 0.15) is 43.0 Å². The molecular weight excluding hydrogens is 587 g/mol. The van der Waals surface area contributed by atoms with Gasteiger partial charge >= 0.3 is 5.91 Å². The van der Waals surface area contributed by atoms with Crippen LogP contribution < -0.4 is 19.1 Å². The second-order valence-electron chi connectivity index (χ2n) is 9.51. The number of rotatable bonds is 12. The molecule has 2 heterocycles. The molecule has 1 aliphatic heterocycles. The Morgan fingerprint density at radius 2 is 1.74 bits per heavy atom. The number of ether oxygens (including phenoxy) is 3. The number of benzene rings is 3. The van der Waals surface area contributed by atoms with Crippen LogP contribution in [0.25, 0.3) is 5.76 Å². The van der Waals surface area contributed by atoms with Crippen LogP contribution in [-0.4, -0.2) is 47.3 Å². The summed E-state index contributed by atoms with van der Waals surface area (Å²) < 4.78 is 17.6. The minimum atomic E-state index is -0.985. The van der Waals surface area contributed by atoms with Crippen molar-refractivity contribution in [1.82, 2.24) is 10.2 Å². The maximum atomic E-state index is 13.6. The van der Waals surface area contributed by atoms with Gasteiger partial charge in [0.2, 0.25) is 5.13 Å². The van der Waals surface area contributed by atoms with Crippen LogP contribution in [-0.2, 0) is 15.3 Å². The van der Waals surface area contributed by atoms with Crippen molar-refractivity contribution in [1.29, 1.82) is 0 Å². The zero-order valence-electron chi connectivity index (χ0n) is 24.0. The molecule has 11 heteroatoms. The predicted molar refractivity (Wildman–Crippen MR) is 167 cm³/mol. The quantitative estimate of drug-likeness (QED) is 0.0614. The summed E-state index contributed by atoms with van der Waals surface area (Å²) >= 11 is 2.70. The number of ketones is 1. The molecule has 1 atom stereocenters. The molecule has 9 nitrogen and oxygen atoms in total. The Morgan fingerprint density at radius 1 is 0.977 bits per heavy atom. The number of hydrogen-bond acceptors (Lipinski definition) is 10. The number of aliphatic hydroxyl groups is 1. The van der Waals surface area contributed by atoms with Gasteiger partial charge in [0.25, 0.3) is 5.78 Å². The number of aliphatic hydroxyl groups excluding tert-OH is 1. The highest BCUT2D eigenvalue weighted by Crippen LogP contribution is 2.45. The monoisotopic (exact) mass is 617 g/mol. The Bertz CT molecular complexity index is 1620. The fourth-order valence-electron chi connectivity index (χ4n) is 4.62. The first-order valence-electron chi connectivity index (χ1n) is 13.8. The molecule has 1 fully saturated rings. The average Bonchev–Trinajstić information content (AvgIpc) is 3.61. The number of carbonyl (C=O) groups is 2. The Kier molecular flexibility index (Phi) is 9.63. The summed E-state index contributed by atoms with van der Waals surface area (Å²) in [6.45, 7) is 4.76. The first-order valence-corrected chi connectivity index (χ1v) is 15.6. The molecule has 0 bridgehead atoms. The molecule has 1 amide bonds. The fraction of sp³-hybridized carbons (Fsp3) is 0.250. The Labute approximate surface area is 258 Å². The lowest BCUT2D eigenvalue weighted by Gasteiger charge is -2.23. The van der Waals surface area contributed by atoms with Gasteiger partial charge in [0.05, 0.1) is 31.9 Å². The predicted octanol–water partition coefficient (Wildman–Crippen LogP) is 6.65. The van der Waals surface area contributed by atoms with Crippen LogP contribution in [0.15, 0.2) is 82.7 Å². The SMILES string of the molecule is CCCOc1ccc(C2/C(=C(\O)c3ccc(OC)cc3)C(=O)C(=O)N2c2nnc(SCc3ccccc3)s2)cc1OCC. The highest BCUT2D eigenvalue weighted by atomic mass is 32.2. The van der Waals surface area contributed by atoms with Crippen LogP contribution in [0.2, 0.25) is 0 Å². The lowest BCUT2D eigenvalue weighted by molar-refractivity contribution is -0.132. The number of amides is 1. The number of anilines is 1. The van der Waals surface area contributed by atoms with Gasteiger partial charge in [-0.25, -0.2) is 0 Å². The van der Waals surface area contributed by atoms with Gasteiger partial charge in [-0.1, -0.05) is 66.4 Å². The second kappa shape index (κ2) is 13.7. The van der Waals surface area contributed by atoms with Crippen molar-refractivity contribution in [2.75, 3.05) is 25.2 Å². The van der Waals surface area contributed by atoms with E-state index in [1.54, 1.807) is 49.6 Å². The third kappa shape index (κ3) is 6.52. The van der Waals surface area contributed by atoms with E-state index >= 15 is 0 Å². The van der Waals surface area contributed by atoms with E-state index in [1.807, 2.05) is 44.2 Å². The average molecular weight is 618 g/mol. The van der Waals surface area contributed by atoms with E-state index < -0.39 is 17.7 Å². The Hall–Kier alpha value is -4.35. The van der Waals surface area contributed by atoms with Gasteiger partial charge in [-0.15, -0.1) is 10.2 Å². The van der Waals surface area contributed by atoms with Crippen molar-refractivity contribution in [2.45, 2.75) is 36.4 Å². The van der Waals surface area contributed by atoms with Crippen molar-refractivity contribution in [3.05, 3.63) is 95.1 Å². The Morgan fingerprint density at radius 3 is 2.44 bits per heavy atom. The highest BCUT2D eigenvalue weighted by molar-refractivity contribution is 8.00. The largest absolute Gasteiger partial charge is 0.507 e. The smallest absolute Gasteiger partial charge is 0.301 e. The highest BCUT2D eigenvalue weighted by Gasteiger charge is 2.48. The number of Topliss-reactive ketones (excluding diaryl/α,β-unsaturated/α-hetero) is 1. The number of thioether (sulfide) groups is 1. The van der Waals surface area contributed by atoms with E-state index in [1.165, 1.54) is 28.0 Å². The van der Waals surface area contributed by atoms with E-state index in [2.05, 4.69) is 10.2 Å². The summed E-state index contributed by atoms with van der Waals surface area (Å²) in [7, 11) is 1.54. The Balaban J connectivity index is 1.58. The summed E-state index contributed by atoms with van der Waals surface area (Å²) in [6, 6.07) is 20.8. The maximum Gasteiger partial charge on any atom is 0.301 e. The minimum absolute atomic E-state index is 0.0615. The van der Waals surface area contributed by atoms with Gasteiger partial charge < -0.3 is 19.3 Å². The molecule has 222 valence electrons. The van der Waals surface area contributed by atoms with Gasteiger partial charge in [0.1, 0.15) is 11.5 Å². The zero-order chi connectivity index (χ0) is 30.3. The molecule has 4 aromatic rings. The fourth-order valence-corrected chi connectivity index (χ4v) is 6.44. The first-order chi connectivity index (χ1) is 20.9. The van der Waals surface area contributed by atoms with Crippen LogP contribution in [0, 0.1) is 0 Å². The number of methoxy groups -OCH3 is 1. The van der Waals surface area contributed by atoms with Crippen LogP contribution >= 0.6 is 23.1 Å². The van der Waals surface area contributed by atoms with Crippen molar-refractivity contribution in [2.24, 2.45) is 0 Å². The van der Waals surface area contributed by atoms with Crippen molar-refractivity contribution in [3.63, 3.8) is 0 Å². The van der Waals surface area contributed by atoms with Gasteiger partial charge in [0, 0.05) is 11.3 Å². The van der Waals surface area contributed by atoms with Crippen LogP contribution in [0.5, 0.6) is 17.2 Å². The first kappa shape index (κ1) is 30.1. The molecule has 43 heavy (non-hydrogen) atoms. The van der Waals surface area contributed by atoms with Gasteiger partial charge in [-0.05, 0) is 60.9 Å². The molecule has 0 aliphatic carbocycles. The zero-order valence-corrected chi connectivity index (χ0v) is 25.6. The summed E-state index contributed by atoms with van der Waals surface area (Å²) in [5.41, 5.74) is 1.98. The van der Waals surface area contributed by atoms with Crippen molar-refractivity contribution < 1.29 is 28.9 Å². The molecule has 0 spiro atoms. The third-order valence-electron chi connectivity index (χ3n) is 6.66. The summed E-state index contributed by atoms with van der Waals surface area (Å²) in [4.78, 5) is 28.5. The lowest BCUT2D eigenvalue weighted by atomic mass is 9.95. The van der Waals surface area contributed by atoms with E-state index in [4.69, 9.17) is 14.2 Å². The van der Waals surface area contributed by atoms with Gasteiger partial charge in [-0.2, -0.15) is 0 Å². The molecule has 0 radical (unpaired) electrons. The molecule has 1 N–H and O–H groups in total. The second-order valence-corrected chi connectivity index (χ2v) is 11.7. The number of aromatic nitrogens is 2. The minimum Gasteiger partial charge on any atom is -0.507 e. The third-order valence-corrected chi connectivity index (χ3v) is 8.79.